The van der Waals surface area contributed by atoms with Crippen molar-refractivity contribution in [1.29, 1.82) is 0 Å². The van der Waals surface area contributed by atoms with Crippen LogP contribution in [-0.2, 0) is 0 Å². The molecule has 1 heterocycles. The van der Waals surface area contributed by atoms with Gasteiger partial charge in [-0.25, -0.2) is 0 Å². The molecule has 2 atom stereocenters. The third-order valence-corrected chi connectivity index (χ3v) is 10.5. The van der Waals surface area contributed by atoms with Crippen molar-refractivity contribution in [3.05, 3.63) is 29.8 Å². The van der Waals surface area contributed by atoms with Gasteiger partial charge in [-0.1, -0.05) is 57.0 Å². The predicted molar refractivity (Wildman–Crippen MR) is 102 cm³/mol. The normalized spacial score (nSPS) is 25.5. The Bertz CT molecular complexity index is 541. The largest absolute Gasteiger partial charge is 0.383 e. The van der Waals surface area contributed by atoms with Crippen molar-refractivity contribution in [2.45, 2.75) is 63.5 Å². The molecule has 1 aliphatic rings. The fourth-order valence-corrected chi connectivity index (χ4v) is 6.15. The molecule has 0 radical (unpaired) electrons. The quantitative estimate of drug-likeness (QED) is 0.746. The molecule has 2 rings (SSSR count). The number of azo groups is 1. The van der Waals surface area contributed by atoms with Crippen LogP contribution in [0.25, 0.3) is 0 Å². The molecule has 0 saturated heterocycles. The lowest BCUT2D eigenvalue weighted by atomic mass is 10.2. The number of benzene rings is 1. The monoisotopic (exact) mass is 333 g/mol. The lowest BCUT2D eigenvalue weighted by Gasteiger charge is -2.38. The molecule has 1 N–H and O–H groups in total. The highest BCUT2D eigenvalue weighted by Crippen LogP contribution is 2.39. The maximum absolute atomic E-state index is 4.88. The fraction of sp³-hybridized carbons (Fsp3) is 0.647. The van der Waals surface area contributed by atoms with Gasteiger partial charge in [0.25, 0.3) is 0 Å². The average molecular weight is 334 g/mol. The summed E-state index contributed by atoms with van der Waals surface area (Å²) in [5.74, 6) is 0. The number of rotatable bonds is 5. The van der Waals surface area contributed by atoms with E-state index in [4.69, 9.17) is 10.2 Å². The second-order valence-corrected chi connectivity index (χ2v) is 19.6. The average Bonchev–Trinajstić information content (AvgIpc) is 2.83. The van der Waals surface area contributed by atoms with E-state index in [1.54, 1.807) is 0 Å². The molecule has 1 aromatic carbocycles. The molecule has 0 amide bonds. The molecule has 0 aromatic heterocycles. The Morgan fingerprint density at radius 1 is 1.09 bits per heavy atom. The van der Waals surface area contributed by atoms with Crippen molar-refractivity contribution < 1.29 is 0 Å². The Morgan fingerprint density at radius 3 is 2.14 bits per heavy atom. The van der Waals surface area contributed by atoms with Crippen molar-refractivity contribution in [1.82, 2.24) is 0 Å². The SMILES string of the molecule is Cc1ccc(NCC2([Si](C)(C)C)CC([Si](C)(C)C)N=N2)cc1. The van der Waals surface area contributed by atoms with Crippen molar-refractivity contribution in [3.63, 3.8) is 0 Å². The van der Waals surface area contributed by atoms with E-state index in [1.165, 1.54) is 11.3 Å². The van der Waals surface area contributed by atoms with Crippen LogP contribution in [0.1, 0.15) is 12.0 Å². The number of nitrogens with zero attached hydrogens (tertiary/aromatic N) is 2. The molecule has 1 aromatic rings. The molecule has 0 aliphatic carbocycles. The van der Waals surface area contributed by atoms with Crippen LogP contribution in [0.15, 0.2) is 34.5 Å². The molecule has 3 nitrogen and oxygen atoms in total. The van der Waals surface area contributed by atoms with Gasteiger partial charge in [0.2, 0.25) is 0 Å². The van der Waals surface area contributed by atoms with E-state index in [0.717, 1.165) is 13.0 Å². The molecular weight excluding hydrogens is 302 g/mol. The molecule has 22 heavy (non-hydrogen) atoms. The van der Waals surface area contributed by atoms with Crippen molar-refractivity contribution >= 4 is 21.8 Å². The first-order chi connectivity index (χ1) is 10.0. The van der Waals surface area contributed by atoms with Gasteiger partial charge >= 0.3 is 0 Å². The fourth-order valence-electron chi connectivity index (χ4n) is 2.81. The van der Waals surface area contributed by atoms with Crippen LogP contribution in [0.4, 0.5) is 5.69 Å². The highest BCUT2D eigenvalue weighted by Gasteiger charge is 2.50. The summed E-state index contributed by atoms with van der Waals surface area (Å²) in [6, 6.07) is 8.64. The molecule has 2 unspecified atom stereocenters. The Labute approximate surface area is 137 Å². The van der Waals surface area contributed by atoms with Gasteiger partial charge in [-0.3, -0.25) is 0 Å². The number of anilines is 1. The molecule has 5 heteroatoms. The summed E-state index contributed by atoms with van der Waals surface area (Å²) < 4.78 is 0. The van der Waals surface area contributed by atoms with Gasteiger partial charge in [-0.05, 0) is 25.5 Å². The maximum Gasteiger partial charge on any atom is 0.0903 e. The minimum atomic E-state index is -1.46. The Kier molecular flexibility index (Phi) is 4.69. The van der Waals surface area contributed by atoms with Crippen LogP contribution in [0.2, 0.25) is 39.3 Å². The maximum atomic E-state index is 4.88. The first-order valence-corrected chi connectivity index (χ1v) is 15.3. The zero-order chi connectivity index (χ0) is 16.6. The van der Waals surface area contributed by atoms with E-state index in [2.05, 4.69) is 75.8 Å². The van der Waals surface area contributed by atoms with Crippen LogP contribution in [0, 0.1) is 6.92 Å². The lowest BCUT2D eigenvalue weighted by Crippen LogP contribution is -2.56. The van der Waals surface area contributed by atoms with Gasteiger partial charge in [0.15, 0.2) is 0 Å². The van der Waals surface area contributed by atoms with Gasteiger partial charge in [0, 0.05) is 12.2 Å². The van der Waals surface area contributed by atoms with Gasteiger partial charge < -0.3 is 5.32 Å². The standard InChI is InChI=1S/C17H31N3Si2/c1-14-8-10-15(11-9-14)18-13-17(22(5,6)7)12-16(19-20-17)21(2,3)4/h8-11,16,18H,12-13H2,1-7H3. The number of nitrogens with one attached hydrogen (secondary N) is 1. The Balaban J connectivity index is 2.15. The van der Waals surface area contributed by atoms with E-state index in [-0.39, 0.29) is 5.16 Å². The Morgan fingerprint density at radius 2 is 1.68 bits per heavy atom. The first-order valence-electron chi connectivity index (χ1n) is 8.26. The summed E-state index contributed by atoms with van der Waals surface area (Å²) in [7, 11) is -2.73. The van der Waals surface area contributed by atoms with E-state index in [0.29, 0.717) is 5.67 Å². The lowest BCUT2D eigenvalue weighted by molar-refractivity contribution is 0.595. The minimum absolute atomic E-state index is 0.0306. The summed E-state index contributed by atoms with van der Waals surface area (Å²) in [6.45, 7) is 17.5. The first kappa shape index (κ1) is 17.4. The smallest absolute Gasteiger partial charge is 0.0903 e. The second-order valence-electron chi connectivity index (χ2n) is 8.80. The van der Waals surface area contributed by atoms with E-state index >= 15 is 0 Å². The highest BCUT2D eigenvalue weighted by molar-refractivity contribution is 6.81. The molecule has 0 fully saturated rings. The summed E-state index contributed by atoms with van der Waals surface area (Å²) >= 11 is 0. The third kappa shape index (κ3) is 3.68. The van der Waals surface area contributed by atoms with E-state index < -0.39 is 16.1 Å². The van der Waals surface area contributed by atoms with Crippen LogP contribution >= 0.6 is 0 Å². The zero-order valence-corrected chi connectivity index (χ0v) is 17.2. The van der Waals surface area contributed by atoms with Crippen LogP contribution in [0.5, 0.6) is 0 Å². The zero-order valence-electron chi connectivity index (χ0n) is 15.2. The van der Waals surface area contributed by atoms with Crippen LogP contribution in [0.3, 0.4) is 0 Å². The molecule has 0 bridgehead atoms. The van der Waals surface area contributed by atoms with Gasteiger partial charge in [0.05, 0.1) is 27.0 Å². The van der Waals surface area contributed by atoms with Gasteiger partial charge in [-0.2, -0.15) is 10.2 Å². The number of hydrogen-bond donors (Lipinski definition) is 1. The highest BCUT2D eigenvalue weighted by atomic mass is 28.3. The van der Waals surface area contributed by atoms with Crippen molar-refractivity contribution in [2.24, 2.45) is 10.2 Å². The van der Waals surface area contributed by atoms with Crippen molar-refractivity contribution in [2.75, 3.05) is 11.9 Å². The predicted octanol–water partition coefficient (Wildman–Crippen LogP) is 5.13. The minimum Gasteiger partial charge on any atom is -0.383 e. The van der Waals surface area contributed by atoms with E-state index in [1.807, 2.05) is 0 Å². The summed E-state index contributed by atoms with van der Waals surface area (Å²) in [6.07, 6.45) is 1.14. The molecular formula is C17H31N3Si2. The topological polar surface area (TPSA) is 36.8 Å². The van der Waals surface area contributed by atoms with E-state index in [9.17, 15) is 0 Å². The Hall–Kier alpha value is -0.946. The second kappa shape index (κ2) is 5.92. The summed E-state index contributed by atoms with van der Waals surface area (Å²) in [4.78, 5) is 0. The number of aryl methyl sites for hydroxylation is 1. The third-order valence-electron chi connectivity index (χ3n) is 4.95. The summed E-state index contributed by atoms with van der Waals surface area (Å²) in [5, 5.41) is 13.3. The molecule has 122 valence electrons. The van der Waals surface area contributed by atoms with Crippen molar-refractivity contribution in [3.8, 4) is 0 Å². The molecule has 0 spiro atoms. The van der Waals surface area contributed by atoms with Crippen LogP contribution in [-0.4, -0.2) is 33.5 Å². The molecule has 1 aliphatic heterocycles. The number of hydrogen-bond acceptors (Lipinski definition) is 3. The van der Waals surface area contributed by atoms with Crippen LogP contribution < -0.4 is 5.32 Å². The van der Waals surface area contributed by atoms with Gasteiger partial charge in [0.1, 0.15) is 0 Å². The molecule has 0 saturated carbocycles. The summed E-state index contributed by atoms with van der Waals surface area (Å²) in [5.41, 5.74) is 2.96. The van der Waals surface area contributed by atoms with Gasteiger partial charge in [-0.15, -0.1) is 0 Å².